The minimum atomic E-state index is 0.503. The number of rotatable bonds is 8. The molecule has 0 N–H and O–H groups in total. The summed E-state index contributed by atoms with van der Waals surface area (Å²) in [5.41, 5.74) is 4.65. The summed E-state index contributed by atoms with van der Waals surface area (Å²) in [6.07, 6.45) is 0.701. The van der Waals surface area contributed by atoms with Crippen molar-refractivity contribution in [2.45, 2.75) is 27.2 Å². The van der Waals surface area contributed by atoms with Crippen molar-refractivity contribution < 1.29 is 0 Å². The summed E-state index contributed by atoms with van der Waals surface area (Å²) < 4.78 is 4.24. The number of benzene rings is 2. The first-order chi connectivity index (χ1) is 14.7. The average Bonchev–Trinajstić information content (AvgIpc) is 3.20. The number of nitrogens with zero attached hydrogens (tertiary/aromatic N) is 7. The lowest BCUT2D eigenvalue weighted by Gasteiger charge is -2.20. The van der Waals surface area contributed by atoms with Gasteiger partial charge in [0.05, 0.1) is 22.8 Å². The van der Waals surface area contributed by atoms with E-state index in [9.17, 15) is 5.26 Å². The zero-order valence-electron chi connectivity index (χ0n) is 17.3. The van der Waals surface area contributed by atoms with Gasteiger partial charge in [-0.15, -0.1) is 10.2 Å². The Morgan fingerprint density at radius 2 is 1.33 bits per heavy atom. The molecule has 0 spiro atoms. The Morgan fingerprint density at radius 3 is 1.80 bits per heavy atom. The van der Waals surface area contributed by atoms with Crippen LogP contribution in [0.3, 0.4) is 0 Å². The average molecular weight is 418 g/mol. The molecule has 0 bridgehead atoms. The smallest absolute Gasteiger partial charge is 0.176 e. The lowest BCUT2D eigenvalue weighted by atomic mass is 10.2. The Bertz CT molecular complexity index is 1060. The second kappa shape index (κ2) is 10.4. The quantitative estimate of drug-likeness (QED) is 0.361. The molecule has 0 fully saturated rings. The van der Waals surface area contributed by atoms with Crippen LogP contribution in [-0.2, 0) is 6.42 Å². The van der Waals surface area contributed by atoms with Crippen molar-refractivity contribution in [1.29, 1.82) is 5.26 Å². The van der Waals surface area contributed by atoms with Gasteiger partial charge in [-0.05, 0) is 80.3 Å². The summed E-state index contributed by atoms with van der Waals surface area (Å²) in [5, 5.41) is 26.8. The fourth-order valence-corrected chi connectivity index (χ4v) is 3.61. The fourth-order valence-electron chi connectivity index (χ4n) is 2.86. The van der Waals surface area contributed by atoms with Gasteiger partial charge in [0.1, 0.15) is 11.6 Å². The van der Waals surface area contributed by atoms with E-state index in [-0.39, 0.29) is 0 Å². The first kappa shape index (κ1) is 21.3. The third-order valence-corrected chi connectivity index (χ3v) is 5.33. The summed E-state index contributed by atoms with van der Waals surface area (Å²) in [5.74, 6) is 0. The molecule has 30 heavy (non-hydrogen) atoms. The van der Waals surface area contributed by atoms with E-state index in [1.54, 1.807) is 0 Å². The van der Waals surface area contributed by atoms with Crippen molar-refractivity contribution in [2.75, 3.05) is 18.0 Å². The third kappa shape index (κ3) is 5.13. The van der Waals surface area contributed by atoms with Gasteiger partial charge in [-0.2, -0.15) is 19.9 Å². The van der Waals surface area contributed by atoms with Crippen LogP contribution in [0.1, 0.15) is 32.0 Å². The minimum Gasteiger partial charge on any atom is -0.372 e. The van der Waals surface area contributed by atoms with Gasteiger partial charge in [-0.3, -0.25) is 0 Å². The lowest BCUT2D eigenvalue weighted by molar-refractivity contribution is 0.866. The zero-order valence-corrected chi connectivity index (χ0v) is 18.1. The lowest BCUT2D eigenvalue weighted by Crippen LogP contribution is -2.21. The SMILES string of the molecule is CCc1nsc(N=Nc2ccc(N=Nc3ccc(N(CC)CC)cc3)cc2)c1C#N. The summed E-state index contributed by atoms with van der Waals surface area (Å²) in [6.45, 7) is 8.19. The van der Waals surface area contributed by atoms with E-state index in [0.717, 1.165) is 30.2 Å². The van der Waals surface area contributed by atoms with E-state index in [2.05, 4.69) is 61.8 Å². The molecule has 3 rings (SSSR count). The maximum absolute atomic E-state index is 9.26. The topological polar surface area (TPSA) is 89.4 Å². The van der Waals surface area contributed by atoms with Crippen LogP contribution < -0.4 is 4.90 Å². The van der Waals surface area contributed by atoms with Crippen molar-refractivity contribution in [2.24, 2.45) is 20.5 Å². The largest absolute Gasteiger partial charge is 0.372 e. The highest BCUT2D eigenvalue weighted by molar-refractivity contribution is 7.10. The number of aromatic nitrogens is 1. The molecule has 1 heterocycles. The van der Waals surface area contributed by atoms with Gasteiger partial charge in [0.25, 0.3) is 0 Å². The van der Waals surface area contributed by atoms with Crippen molar-refractivity contribution in [3.05, 3.63) is 59.8 Å². The first-order valence-corrected chi connectivity index (χ1v) is 10.6. The Hall–Kier alpha value is -3.44. The van der Waals surface area contributed by atoms with Gasteiger partial charge >= 0.3 is 0 Å². The Balaban J connectivity index is 1.66. The number of hydrogen-bond acceptors (Lipinski definition) is 8. The van der Waals surface area contributed by atoms with Gasteiger partial charge < -0.3 is 4.90 Å². The predicted molar refractivity (Wildman–Crippen MR) is 121 cm³/mol. The van der Waals surface area contributed by atoms with Crippen LogP contribution in [0, 0.1) is 11.3 Å². The van der Waals surface area contributed by atoms with E-state index >= 15 is 0 Å². The van der Waals surface area contributed by atoms with Crippen LogP contribution in [0.25, 0.3) is 0 Å². The van der Waals surface area contributed by atoms with E-state index in [1.165, 1.54) is 17.2 Å². The molecule has 0 saturated carbocycles. The van der Waals surface area contributed by atoms with E-state index < -0.39 is 0 Å². The van der Waals surface area contributed by atoms with Crippen LogP contribution in [0.2, 0.25) is 0 Å². The van der Waals surface area contributed by atoms with E-state index in [4.69, 9.17) is 0 Å². The molecule has 0 aliphatic rings. The van der Waals surface area contributed by atoms with Crippen LogP contribution in [0.5, 0.6) is 0 Å². The molecule has 7 nitrogen and oxygen atoms in total. The molecule has 152 valence electrons. The van der Waals surface area contributed by atoms with Crippen molar-refractivity contribution in [3.63, 3.8) is 0 Å². The van der Waals surface area contributed by atoms with Crippen LogP contribution in [0.15, 0.2) is 69.0 Å². The summed E-state index contributed by atoms with van der Waals surface area (Å²) >= 11 is 1.19. The normalized spacial score (nSPS) is 11.3. The highest BCUT2D eigenvalue weighted by Gasteiger charge is 2.11. The van der Waals surface area contributed by atoms with Crippen molar-refractivity contribution in [1.82, 2.24) is 4.37 Å². The fraction of sp³-hybridized carbons (Fsp3) is 0.273. The van der Waals surface area contributed by atoms with Gasteiger partial charge in [0.15, 0.2) is 5.00 Å². The molecule has 2 aromatic carbocycles. The summed E-state index contributed by atoms with van der Waals surface area (Å²) in [6, 6.07) is 17.5. The first-order valence-electron chi connectivity index (χ1n) is 9.85. The van der Waals surface area contributed by atoms with Crippen molar-refractivity contribution >= 4 is 39.3 Å². The van der Waals surface area contributed by atoms with Crippen LogP contribution >= 0.6 is 11.5 Å². The molecule has 0 radical (unpaired) electrons. The molecular weight excluding hydrogens is 394 g/mol. The van der Waals surface area contributed by atoms with Gasteiger partial charge in [0.2, 0.25) is 0 Å². The molecule has 3 aromatic rings. The second-order valence-electron chi connectivity index (χ2n) is 6.38. The Labute approximate surface area is 180 Å². The van der Waals surface area contributed by atoms with Crippen molar-refractivity contribution in [3.8, 4) is 6.07 Å². The maximum Gasteiger partial charge on any atom is 0.176 e. The van der Waals surface area contributed by atoms with Crippen LogP contribution in [-0.4, -0.2) is 17.5 Å². The molecule has 0 aliphatic heterocycles. The Kier molecular flexibility index (Phi) is 7.35. The molecule has 0 saturated heterocycles. The highest BCUT2D eigenvalue weighted by Crippen LogP contribution is 2.30. The molecule has 0 amide bonds. The number of azo groups is 2. The monoisotopic (exact) mass is 417 g/mol. The number of nitriles is 1. The number of aryl methyl sites for hydroxylation is 1. The van der Waals surface area contributed by atoms with Gasteiger partial charge in [-0.1, -0.05) is 6.92 Å². The molecule has 0 unspecified atom stereocenters. The minimum absolute atomic E-state index is 0.503. The Morgan fingerprint density at radius 1 is 0.833 bits per heavy atom. The van der Waals surface area contributed by atoms with Crippen LogP contribution in [0.4, 0.5) is 27.8 Å². The summed E-state index contributed by atoms with van der Waals surface area (Å²) in [7, 11) is 0. The van der Waals surface area contributed by atoms with Gasteiger partial charge in [-0.25, -0.2) is 0 Å². The maximum atomic E-state index is 9.26. The zero-order chi connectivity index (χ0) is 21.3. The molecule has 0 atom stereocenters. The highest BCUT2D eigenvalue weighted by atomic mass is 32.1. The standard InChI is InChI=1S/C22H23N7S/c1-4-21-20(15-23)22(30-28-21)27-26-17-9-7-16(8-10-17)24-25-18-11-13-19(14-12-18)29(5-2)6-3/h7-14H,4-6H2,1-3H3. The third-order valence-electron chi connectivity index (χ3n) is 4.56. The van der Waals surface area contributed by atoms with E-state index in [1.807, 2.05) is 43.3 Å². The molecular formula is C22H23N7S. The predicted octanol–water partition coefficient (Wildman–Crippen LogP) is 7.25. The van der Waals surface area contributed by atoms with Gasteiger partial charge in [0, 0.05) is 18.8 Å². The summed E-state index contributed by atoms with van der Waals surface area (Å²) in [4.78, 5) is 2.28. The number of hydrogen-bond donors (Lipinski definition) is 0. The second-order valence-corrected chi connectivity index (χ2v) is 7.13. The van der Waals surface area contributed by atoms with E-state index in [0.29, 0.717) is 22.7 Å². The molecule has 0 aliphatic carbocycles. The number of anilines is 1. The molecule has 1 aromatic heterocycles. The molecule has 8 heteroatoms.